The molecular formula is C27H28N2O6. The molecule has 1 unspecified atom stereocenters. The zero-order valence-electron chi connectivity index (χ0n) is 20.0. The highest BCUT2D eigenvalue weighted by Gasteiger charge is 2.18. The summed E-state index contributed by atoms with van der Waals surface area (Å²) >= 11 is 0. The number of amides is 2. The molecule has 3 aromatic rings. The minimum absolute atomic E-state index is 0.0866. The summed E-state index contributed by atoms with van der Waals surface area (Å²) in [5, 5.41) is 15.5. The van der Waals surface area contributed by atoms with Gasteiger partial charge in [-0.15, -0.1) is 0 Å². The number of esters is 1. The average molecular weight is 477 g/mol. The van der Waals surface area contributed by atoms with E-state index in [1.807, 2.05) is 30.3 Å². The standard InChI is InChI=1S/C27H28N2O6/c1-5-34-27(33)26(32)28-20-13-16(2)24(17(3)14-20)35-21-11-12-23(30)22(15-21)29-25(31)18(4)19-9-7-6-8-10-19/h6-15,18,30H,5H2,1-4H3,(H,28,32)(H,29,31). The maximum atomic E-state index is 12.7. The summed E-state index contributed by atoms with van der Waals surface area (Å²) in [6.07, 6.45) is 0. The normalized spacial score (nSPS) is 11.3. The molecule has 0 aliphatic rings. The first-order chi connectivity index (χ1) is 16.7. The molecule has 2 amide bonds. The minimum Gasteiger partial charge on any atom is -0.506 e. The van der Waals surface area contributed by atoms with Gasteiger partial charge >= 0.3 is 11.9 Å². The van der Waals surface area contributed by atoms with E-state index in [0.717, 1.165) is 5.56 Å². The number of phenols is 1. The summed E-state index contributed by atoms with van der Waals surface area (Å²) in [6, 6.07) is 17.3. The first kappa shape index (κ1) is 25.3. The molecular weight excluding hydrogens is 448 g/mol. The number of benzene rings is 3. The van der Waals surface area contributed by atoms with Crippen LogP contribution in [0.4, 0.5) is 11.4 Å². The molecule has 0 radical (unpaired) electrons. The van der Waals surface area contributed by atoms with Gasteiger partial charge in [0.15, 0.2) is 0 Å². The van der Waals surface area contributed by atoms with Crippen LogP contribution in [0.15, 0.2) is 60.7 Å². The Morgan fingerprint density at radius 1 is 0.943 bits per heavy atom. The molecule has 0 saturated carbocycles. The molecule has 0 spiro atoms. The second-order valence-corrected chi connectivity index (χ2v) is 8.02. The number of aryl methyl sites for hydroxylation is 2. The summed E-state index contributed by atoms with van der Waals surface area (Å²) in [6.45, 7) is 7.12. The molecule has 0 heterocycles. The summed E-state index contributed by atoms with van der Waals surface area (Å²) in [4.78, 5) is 36.2. The zero-order valence-corrected chi connectivity index (χ0v) is 20.0. The van der Waals surface area contributed by atoms with Gasteiger partial charge in [-0.3, -0.25) is 9.59 Å². The maximum absolute atomic E-state index is 12.7. The molecule has 3 N–H and O–H groups in total. The predicted molar refractivity (Wildman–Crippen MR) is 133 cm³/mol. The number of aromatic hydroxyl groups is 1. The molecule has 3 aromatic carbocycles. The van der Waals surface area contributed by atoms with Crippen molar-refractivity contribution in [3.8, 4) is 17.2 Å². The molecule has 8 nitrogen and oxygen atoms in total. The monoisotopic (exact) mass is 476 g/mol. The highest BCUT2D eigenvalue weighted by atomic mass is 16.5. The first-order valence-corrected chi connectivity index (χ1v) is 11.2. The number of rotatable bonds is 7. The van der Waals surface area contributed by atoms with E-state index >= 15 is 0 Å². The van der Waals surface area contributed by atoms with Crippen molar-refractivity contribution >= 4 is 29.2 Å². The molecule has 0 saturated heterocycles. The van der Waals surface area contributed by atoms with E-state index in [9.17, 15) is 19.5 Å². The molecule has 0 aliphatic carbocycles. The van der Waals surface area contributed by atoms with Crippen LogP contribution >= 0.6 is 0 Å². The summed E-state index contributed by atoms with van der Waals surface area (Å²) in [5.41, 5.74) is 2.93. The van der Waals surface area contributed by atoms with Crippen LogP contribution in [0.3, 0.4) is 0 Å². The highest BCUT2D eigenvalue weighted by molar-refractivity contribution is 6.37. The maximum Gasteiger partial charge on any atom is 0.397 e. The quantitative estimate of drug-likeness (QED) is 0.250. The Kier molecular flexibility index (Phi) is 8.09. The lowest BCUT2D eigenvalue weighted by Crippen LogP contribution is -2.25. The van der Waals surface area contributed by atoms with Crippen molar-refractivity contribution in [2.45, 2.75) is 33.6 Å². The van der Waals surface area contributed by atoms with Gasteiger partial charge in [-0.2, -0.15) is 0 Å². The second-order valence-electron chi connectivity index (χ2n) is 8.02. The Hall–Kier alpha value is -4.33. The Labute approximate surface area is 203 Å². The van der Waals surface area contributed by atoms with Crippen LogP contribution < -0.4 is 15.4 Å². The minimum atomic E-state index is -0.955. The topological polar surface area (TPSA) is 114 Å². The number of anilines is 2. The Bertz CT molecular complexity index is 1220. The number of hydrogen-bond acceptors (Lipinski definition) is 6. The van der Waals surface area contributed by atoms with Crippen molar-refractivity contribution < 1.29 is 29.0 Å². The van der Waals surface area contributed by atoms with Crippen LogP contribution in [0, 0.1) is 13.8 Å². The predicted octanol–water partition coefficient (Wildman–Crippen LogP) is 5.05. The molecule has 8 heteroatoms. The Morgan fingerprint density at radius 2 is 1.60 bits per heavy atom. The molecule has 0 fully saturated rings. The lowest BCUT2D eigenvalue weighted by atomic mass is 10.0. The first-order valence-electron chi connectivity index (χ1n) is 11.2. The lowest BCUT2D eigenvalue weighted by Gasteiger charge is -2.16. The van der Waals surface area contributed by atoms with Gasteiger partial charge in [0.1, 0.15) is 17.2 Å². The molecule has 0 aromatic heterocycles. The molecule has 3 rings (SSSR count). The van der Waals surface area contributed by atoms with E-state index in [4.69, 9.17) is 9.47 Å². The Balaban J connectivity index is 1.76. The third-order valence-electron chi connectivity index (χ3n) is 5.32. The van der Waals surface area contributed by atoms with Crippen molar-refractivity contribution in [2.24, 2.45) is 0 Å². The number of carbonyl (C=O) groups is 3. The van der Waals surface area contributed by atoms with Gasteiger partial charge in [-0.1, -0.05) is 30.3 Å². The molecule has 1 atom stereocenters. The third kappa shape index (κ3) is 6.38. The summed E-state index contributed by atoms with van der Waals surface area (Å²) < 4.78 is 10.7. The lowest BCUT2D eigenvalue weighted by molar-refractivity contribution is -0.152. The number of phenolic OH excluding ortho intramolecular Hbond substituents is 1. The van der Waals surface area contributed by atoms with Gasteiger partial charge in [0.05, 0.1) is 18.2 Å². The van der Waals surface area contributed by atoms with Crippen LogP contribution in [-0.4, -0.2) is 29.5 Å². The largest absolute Gasteiger partial charge is 0.506 e. The van der Waals surface area contributed by atoms with Crippen molar-refractivity contribution in [2.75, 3.05) is 17.2 Å². The number of carbonyl (C=O) groups excluding carboxylic acids is 3. The van der Waals surface area contributed by atoms with Crippen molar-refractivity contribution in [3.05, 3.63) is 77.4 Å². The van der Waals surface area contributed by atoms with Crippen LogP contribution in [0.5, 0.6) is 17.2 Å². The summed E-state index contributed by atoms with van der Waals surface area (Å²) in [5.74, 6) is -1.64. The SMILES string of the molecule is CCOC(=O)C(=O)Nc1cc(C)c(Oc2ccc(O)c(NC(=O)C(C)c3ccccc3)c2)c(C)c1. The van der Waals surface area contributed by atoms with Crippen LogP contribution in [0.2, 0.25) is 0 Å². The van der Waals surface area contributed by atoms with Gasteiger partial charge in [-0.05, 0) is 68.7 Å². The van der Waals surface area contributed by atoms with Crippen molar-refractivity contribution in [1.29, 1.82) is 0 Å². The van der Waals surface area contributed by atoms with E-state index in [1.165, 1.54) is 6.07 Å². The number of nitrogens with one attached hydrogen (secondary N) is 2. The van der Waals surface area contributed by atoms with Gasteiger partial charge in [0.2, 0.25) is 5.91 Å². The van der Waals surface area contributed by atoms with E-state index in [1.54, 1.807) is 52.0 Å². The van der Waals surface area contributed by atoms with Gasteiger partial charge < -0.3 is 25.2 Å². The van der Waals surface area contributed by atoms with Crippen LogP contribution in [0.1, 0.15) is 36.5 Å². The van der Waals surface area contributed by atoms with E-state index < -0.39 is 17.8 Å². The fourth-order valence-electron chi connectivity index (χ4n) is 3.49. The molecule has 182 valence electrons. The van der Waals surface area contributed by atoms with E-state index in [-0.39, 0.29) is 24.0 Å². The second kappa shape index (κ2) is 11.2. The van der Waals surface area contributed by atoms with Gasteiger partial charge in [0, 0.05) is 11.8 Å². The van der Waals surface area contributed by atoms with Crippen molar-refractivity contribution in [3.63, 3.8) is 0 Å². The third-order valence-corrected chi connectivity index (χ3v) is 5.32. The van der Waals surface area contributed by atoms with E-state index in [0.29, 0.717) is 28.3 Å². The fraction of sp³-hybridized carbons (Fsp3) is 0.222. The molecule has 0 aliphatic heterocycles. The number of hydrogen-bond donors (Lipinski definition) is 3. The van der Waals surface area contributed by atoms with Gasteiger partial charge in [0.25, 0.3) is 0 Å². The van der Waals surface area contributed by atoms with Crippen molar-refractivity contribution in [1.82, 2.24) is 0 Å². The fourth-order valence-corrected chi connectivity index (χ4v) is 3.49. The Morgan fingerprint density at radius 3 is 2.23 bits per heavy atom. The average Bonchev–Trinajstić information content (AvgIpc) is 2.83. The summed E-state index contributed by atoms with van der Waals surface area (Å²) in [7, 11) is 0. The van der Waals surface area contributed by atoms with Crippen LogP contribution in [-0.2, 0) is 19.1 Å². The molecule has 35 heavy (non-hydrogen) atoms. The smallest absolute Gasteiger partial charge is 0.397 e. The number of ether oxygens (including phenoxy) is 2. The zero-order chi connectivity index (χ0) is 25.5. The van der Waals surface area contributed by atoms with Gasteiger partial charge in [-0.25, -0.2) is 4.79 Å². The van der Waals surface area contributed by atoms with E-state index in [2.05, 4.69) is 10.6 Å². The molecule has 0 bridgehead atoms. The highest BCUT2D eigenvalue weighted by Crippen LogP contribution is 2.35. The van der Waals surface area contributed by atoms with Crippen LogP contribution in [0.25, 0.3) is 0 Å².